The molecule has 0 saturated carbocycles. The molecule has 0 spiro atoms. The van der Waals surface area contributed by atoms with Crippen LogP contribution in [0.2, 0.25) is 0 Å². The maximum absolute atomic E-state index is 5.29. The fraction of sp³-hybridized carbons (Fsp3) is 0.481. The molecule has 1 aliphatic carbocycles. The Balaban J connectivity index is 2.03. The molecule has 4 aromatic rings. The lowest BCUT2D eigenvalue weighted by Gasteiger charge is -2.44. The fourth-order valence-corrected chi connectivity index (χ4v) is 6.29. The Morgan fingerprint density at radius 3 is 2.09 bits per heavy atom. The molecule has 0 fully saturated rings. The zero-order chi connectivity index (χ0) is 23.6. The molecule has 5 heteroatoms. The van der Waals surface area contributed by atoms with Crippen LogP contribution in [0, 0.1) is 5.41 Å². The summed E-state index contributed by atoms with van der Waals surface area (Å²) in [6.07, 6.45) is 2.02. The van der Waals surface area contributed by atoms with Crippen LogP contribution in [0.1, 0.15) is 79.0 Å². The molecular weight excluding hydrogens is 388 g/mol. The number of imidazole rings is 1. The highest BCUT2D eigenvalue weighted by Crippen LogP contribution is 2.62. The maximum atomic E-state index is 5.29. The van der Waals surface area contributed by atoms with Gasteiger partial charge in [-0.25, -0.2) is 9.97 Å². The van der Waals surface area contributed by atoms with Gasteiger partial charge in [0, 0.05) is 5.39 Å². The lowest BCUT2D eigenvalue weighted by molar-refractivity contribution is 0.126. The van der Waals surface area contributed by atoms with Gasteiger partial charge >= 0.3 is 0 Å². The Bertz CT molecular complexity index is 1450. The van der Waals surface area contributed by atoms with E-state index < -0.39 is 0 Å². The minimum atomic E-state index is 0.000716. The van der Waals surface area contributed by atoms with Crippen LogP contribution in [0.25, 0.3) is 27.6 Å². The molecule has 0 saturated heterocycles. The molecule has 0 unspecified atom stereocenters. The maximum Gasteiger partial charge on any atom is 0.148 e. The van der Waals surface area contributed by atoms with Crippen LogP contribution in [0.15, 0.2) is 24.5 Å². The summed E-state index contributed by atoms with van der Waals surface area (Å²) in [5.41, 5.74) is 11.6. The average molecular weight is 423 g/mol. The molecule has 2 aromatic carbocycles. The topological polar surface area (TPSA) is 30.2 Å². The van der Waals surface area contributed by atoms with Gasteiger partial charge in [-0.3, -0.25) is 4.40 Å². The van der Waals surface area contributed by atoms with Crippen molar-refractivity contribution in [2.75, 3.05) is 0 Å². The van der Waals surface area contributed by atoms with E-state index in [2.05, 4.69) is 101 Å². The fourth-order valence-electron chi connectivity index (χ4n) is 6.29. The van der Waals surface area contributed by atoms with Crippen molar-refractivity contribution in [2.24, 2.45) is 5.41 Å². The highest BCUT2D eigenvalue weighted by molar-refractivity contribution is 6.53. The summed E-state index contributed by atoms with van der Waals surface area (Å²) in [4.78, 5) is 10.3. The quantitative estimate of drug-likeness (QED) is 0.406. The molecule has 1 aliphatic rings. The molecular formula is C27H35B2N3. The van der Waals surface area contributed by atoms with E-state index in [4.69, 9.17) is 9.97 Å². The minimum Gasteiger partial charge on any atom is -0.282 e. The van der Waals surface area contributed by atoms with Crippen LogP contribution < -0.4 is 10.9 Å². The van der Waals surface area contributed by atoms with E-state index in [1.807, 2.05) is 6.33 Å². The average Bonchev–Trinajstić information content (AvgIpc) is 3.12. The van der Waals surface area contributed by atoms with Crippen molar-refractivity contribution in [2.45, 2.75) is 78.6 Å². The standard InChI is InChI=1S/C27H35B2N3/c1-24(2,3)15-12-10-11-14-20(15)30-13-32-22-17-16(18(28)19(29)21(22)31-23(14)32)25(4,5)27(8,9)26(17,6)7/h10-13H,28-29H2,1-9H3. The molecule has 0 amide bonds. The van der Waals surface area contributed by atoms with Gasteiger partial charge in [0.25, 0.3) is 0 Å². The largest absolute Gasteiger partial charge is 0.282 e. The first-order valence-corrected chi connectivity index (χ1v) is 11.9. The molecule has 0 bridgehead atoms. The van der Waals surface area contributed by atoms with Crippen molar-refractivity contribution >= 4 is 54.2 Å². The second-order valence-electron chi connectivity index (χ2n) is 12.6. The van der Waals surface area contributed by atoms with E-state index >= 15 is 0 Å². The zero-order valence-corrected chi connectivity index (χ0v) is 21.7. The number of hydrogen-bond acceptors (Lipinski definition) is 2. The monoisotopic (exact) mass is 423 g/mol. The number of aromatic nitrogens is 3. The van der Waals surface area contributed by atoms with E-state index in [-0.39, 0.29) is 21.7 Å². The van der Waals surface area contributed by atoms with Crippen molar-refractivity contribution in [3.8, 4) is 0 Å². The number of hydrogen-bond donors (Lipinski definition) is 0. The van der Waals surface area contributed by atoms with E-state index in [1.165, 1.54) is 33.1 Å². The Hall–Kier alpha value is -2.29. The molecule has 0 N–H and O–H groups in total. The third-order valence-corrected chi connectivity index (χ3v) is 9.45. The summed E-state index contributed by atoms with van der Waals surface area (Å²) in [6, 6.07) is 6.54. The highest BCUT2D eigenvalue weighted by Gasteiger charge is 2.58. The zero-order valence-electron chi connectivity index (χ0n) is 21.7. The van der Waals surface area contributed by atoms with Gasteiger partial charge in [0.2, 0.25) is 0 Å². The lowest BCUT2D eigenvalue weighted by atomic mass is 9.58. The van der Waals surface area contributed by atoms with Gasteiger partial charge in [-0.1, -0.05) is 85.4 Å². The SMILES string of the molecule is Bc1c2c(c3c(nc4c5cccc(C(C)(C)C)c5ncn43)c1B)C(C)(C)C(C)(C)C2(C)C. The van der Waals surface area contributed by atoms with Crippen LogP contribution in [-0.4, -0.2) is 30.1 Å². The van der Waals surface area contributed by atoms with Crippen LogP contribution in [0.5, 0.6) is 0 Å². The normalized spacial score (nSPS) is 19.2. The van der Waals surface area contributed by atoms with Crippen molar-refractivity contribution in [3.05, 3.63) is 41.2 Å². The smallest absolute Gasteiger partial charge is 0.148 e. The summed E-state index contributed by atoms with van der Waals surface area (Å²) >= 11 is 0. The van der Waals surface area contributed by atoms with E-state index in [0.29, 0.717) is 0 Å². The molecule has 2 aromatic heterocycles. The van der Waals surface area contributed by atoms with Crippen LogP contribution in [0.4, 0.5) is 0 Å². The third-order valence-electron chi connectivity index (χ3n) is 9.45. The molecule has 0 aliphatic heterocycles. The van der Waals surface area contributed by atoms with Gasteiger partial charge in [-0.15, -0.1) is 0 Å². The summed E-state index contributed by atoms with van der Waals surface area (Å²) in [6.45, 7) is 21.3. The van der Waals surface area contributed by atoms with Gasteiger partial charge in [0.15, 0.2) is 0 Å². The van der Waals surface area contributed by atoms with E-state index in [1.54, 1.807) is 0 Å². The summed E-state index contributed by atoms with van der Waals surface area (Å²) in [5, 5.41) is 1.14. The molecule has 32 heavy (non-hydrogen) atoms. The van der Waals surface area contributed by atoms with Crippen molar-refractivity contribution in [1.29, 1.82) is 0 Å². The Kier molecular flexibility index (Phi) is 4.03. The van der Waals surface area contributed by atoms with E-state index in [9.17, 15) is 0 Å². The second-order valence-corrected chi connectivity index (χ2v) is 12.6. The minimum absolute atomic E-state index is 0.000716. The van der Waals surface area contributed by atoms with Crippen LogP contribution >= 0.6 is 0 Å². The predicted octanol–water partition coefficient (Wildman–Crippen LogP) is 3.45. The number of benzene rings is 2. The van der Waals surface area contributed by atoms with Crippen molar-refractivity contribution in [3.63, 3.8) is 0 Å². The first-order chi connectivity index (χ1) is 14.6. The first-order valence-electron chi connectivity index (χ1n) is 11.9. The van der Waals surface area contributed by atoms with Gasteiger partial charge in [0.05, 0.1) is 16.6 Å². The molecule has 5 rings (SSSR count). The van der Waals surface area contributed by atoms with E-state index in [0.717, 1.165) is 22.1 Å². The van der Waals surface area contributed by atoms with Gasteiger partial charge in [0.1, 0.15) is 27.7 Å². The molecule has 3 nitrogen and oxygen atoms in total. The molecule has 0 atom stereocenters. The van der Waals surface area contributed by atoms with Crippen LogP contribution in [0.3, 0.4) is 0 Å². The Morgan fingerprint density at radius 2 is 1.47 bits per heavy atom. The first kappa shape index (κ1) is 21.6. The highest BCUT2D eigenvalue weighted by atomic mass is 15.1. The summed E-state index contributed by atoms with van der Waals surface area (Å²) < 4.78 is 2.27. The number of rotatable bonds is 0. The third kappa shape index (κ3) is 2.30. The Labute approximate surface area is 193 Å². The summed E-state index contributed by atoms with van der Waals surface area (Å²) in [7, 11) is 4.54. The van der Waals surface area contributed by atoms with Gasteiger partial charge in [-0.05, 0) is 44.4 Å². The van der Waals surface area contributed by atoms with Gasteiger partial charge < -0.3 is 0 Å². The van der Waals surface area contributed by atoms with Crippen LogP contribution in [-0.2, 0) is 16.2 Å². The molecule has 164 valence electrons. The van der Waals surface area contributed by atoms with Crippen molar-refractivity contribution in [1.82, 2.24) is 14.4 Å². The Morgan fingerprint density at radius 1 is 0.844 bits per heavy atom. The van der Waals surface area contributed by atoms with Crippen molar-refractivity contribution < 1.29 is 0 Å². The summed E-state index contributed by atoms with van der Waals surface area (Å²) in [5.74, 6) is 0. The second kappa shape index (κ2) is 5.98. The number of fused-ring (bicyclic) bond motifs is 7. The lowest BCUT2D eigenvalue weighted by Crippen LogP contribution is -2.44. The number of para-hydroxylation sites is 1. The number of nitrogens with zero attached hydrogens (tertiary/aromatic N) is 3. The molecule has 0 radical (unpaired) electrons. The van der Waals surface area contributed by atoms with Gasteiger partial charge in [-0.2, -0.15) is 0 Å². The predicted molar refractivity (Wildman–Crippen MR) is 143 cm³/mol. The molecule has 2 heterocycles.